The number of aliphatic hydroxyl groups excluding tert-OH is 1. The van der Waals surface area contributed by atoms with Crippen LogP contribution in [0.5, 0.6) is 0 Å². The van der Waals surface area contributed by atoms with E-state index in [0.29, 0.717) is 11.4 Å². The van der Waals surface area contributed by atoms with Gasteiger partial charge >= 0.3 is 0 Å². The number of rotatable bonds is 8. The van der Waals surface area contributed by atoms with Crippen molar-refractivity contribution in [3.8, 4) is 0 Å². The predicted octanol–water partition coefficient (Wildman–Crippen LogP) is 3.31. The third kappa shape index (κ3) is 5.09. The van der Waals surface area contributed by atoms with Crippen molar-refractivity contribution >= 4 is 21.6 Å². The minimum atomic E-state index is -3.68. The van der Waals surface area contributed by atoms with Gasteiger partial charge in [0, 0.05) is 17.6 Å². The van der Waals surface area contributed by atoms with Crippen molar-refractivity contribution in [2.24, 2.45) is 5.92 Å². The van der Waals surface area contributed by atoms with E-state index in [0.717, 1.165) is 0 Å². The van der Waals surface area contributed by atoms with Crippen LogP contribution in [0.4, 0.5) is 0 Å². The topological polar surface area (TPSA) is 57.6 Å². The second kappa shape index (κ2) is 8.67. The fraction of sp³-hybridized carbons (Fsp3) is 0.500. The van der Waals surface area contributed by atoms with Gasteiger partial charge in [0.15, 0.2) is 0 Å². The van der Waals surface area contributed by atoms with Gasteiger partial charge in [0.25, 0.3) is 0 Å². The minimum absolute atomic E-state index is 0.184. The Morgan fingerprint density at radius 2 is 1.86 bits per heavy atom. The van der Waals surface area contributed by atoms with Gasteiger partial charge < -0.3 is 5.11 Å². The molecule has 0 aromatic heterocycles. The highest BCUT2D eigenvalue weighted by Crippen LogP contribution is 2.23. The van der Waals surface area contributed by atoms with E-state index in [-0.39, 0.29) is 24.0 Å². The number of hydrogen-bond acceptors (Lipinski definition) is 3. The molecule has 6 heteroatoms. The van der Waals surface area contributed by atoms with Gasteiger partial charge in [-0.25, -0.2) is 8.42 Å². The van der Waals surface area contributed by atoms with E-state index >= 15 is 0 Å². The van der Waals surface area contributed by atoms with Crippen LogP contribution in [0.3, 0.4) is 0 Å². The lowest BCUT2D eigenvalue weighted by Gasteiger charge is -2.30. The van der Waals surface area contributed by atoms with Gasteiger partial charge in [-0.05, 0) is 43.5 Å². The third-order valence-corrected chi connectivity index (χ3v) is 5.49. The highest BCUT2D eigenvalue weighted by molar-refractivity contribution is 7.89. The zero-order chi connectivity index (χ0) is 16.8. The van der Waals surface area contributed by atoms with Crippen molar-refractivity contribution in [3.05, 3.63) is 41.4 Å². The van der Waals surface area contributed by atoms with Crippen LogP contribution < -0.4 is 0 Å². The first-order valence-corrected chi connectivity index (χ1v) is 9.14. The number of allylic oxidation sites excluding steroid dienone is 1. The summed E-state index contributed by atoms with van der Waals surface area (Å²) in [6.45, 7) is 5.88. The lowest BCUT2D eigenvalue weighted by atomic mass is 10.0. The Hall–Kier alpha value is -0.880. The largest absolute Gasteiger partial charge is 0.395 e. The molecule has 0 amide bonds. The molecule has 4 nitrogen and oxygen atoms in total. The molecule has 0 aliphatic heterocycles. The smallest absolute Gasteiger partial charge is 0.243 e. The number of benzene rings is 1. The van der Waals surface area contributed by atoms with Crippen LogP contribution in [0.15, 0.2) is 41.3 Å². The van der Waals surface area contributed by atoms with Crippen molar-refractivity contribution in [2.45, 2.75) is 38.1 Å². The van der Waals surface area contributed by atoms with Crippen molar-refractivity contribution in [1.82, 2.24) is 4.31 Å². The molecule has 1 N–H and O–H groups in total. The summed E-state index contributed by atoms with van der Waals surface area (Å²) in [6, 6.07) is 5.64. The van der Waals surface area contributed by atoms with E-state index in [4.69, 9.17) is 11.6 Å². The highest BCUT2D eigenvalue weighted by Gasteiger charge is 2.30. The summed E-state index contributed by atoms with van der Waals surface area (Å²) in [7, 11) is -3.68. The normalized spacial score (nSPS) is 14.1. The molecule has 1 aromatic carbocycles. The molecular formula is C16H24ClNO3S. The zero-order valence-corrected chi connectivity index (χ0v) is 14.8. The molecule has 1 aromatic rings. The van der Waals surface area contributed by atoms with Crippen molar-refractivity contribution in [3.63, 3.8) is 0 Å². The molecule has 0 unspecified atom stereocenters. The van der Waals surface area contributed by atoms with Gasteiger partial charge in [-0.3, -0.25) is 0 Å². The second-order valence-corrected chi connectivity index (χ2v) is 7.89. The minimum Gasteiger partial charge on any atom is -0.395 e. The molecule has 0 radical (unpaired) electrons. The Balaban J connectivity index is 3.20. The van der Waals surface area contributed by atoms with E-state index in [1.807, 2.05) is 20.8 Å². The Labute approximate surface area is 138 Å². The van der Waals surface area contributed by atoms with Crippen LogP contribution in [0.2, 0.25) is 5.02 Å². The van der Waals surface area contributed by atoms with E-state index in [1.165, 1.54) is 16.4 Å². The summed E-state index contributed by atoms with van der Waals surface area (Å²) in [5.74, 6) is 0.283. The first-order chi connectivity index (χ1) is 10.3. The molecule has 0 aliphatic rings. The van der Waals surface area contributed by atoms with Gasteiger partial charge in [-0.1, -0.05) is 37.6 Å². The van der Waals surface area contributed by atoms with E-state index in [9.17, 15) is 13.5 Å². The second-order valence-electron chi connectivity index (χ2n) is 5.56. The van der Waals surface area contributed by atoms with Crippen LogP contribution in [-0.4, -0.2) is 37.0 Å². The molecule has 1 rings (SSSR count). The van der Waals surface area contributed by atoms with Crippen LogP contribution in [0, 0.1) is 5.92 Å². The molecular weight excluding hydrogens is 322 g/mol. The summed E-state index contributed by atoms with van der Waals surface area (Å²) in [5, 5.41) is 10.1. The van der Waals surface area contributed by atoms with E-state index in [1.54, 1.807) is 24.3 Å². The van der Waals surface area contributed by atoms with Crippen molar-refractivity contribution in [2.75, 3.05) is 13.2 Å². The maximum atomic E-state index is 12.9. The number of halogens is 1. The molecule has 22 heavy (non-hydrogen) atoms. The first-order valence-electron chi connectivity index (χ1n) is 7.32. The van der Waals surface area contributed by atoms with E-state index < -0.39 is 16.1 Å². The summed E-state index contributed by atoms with van der Waals surface area (Å²) in [4.78, 5) is 0.184. The molecule has 0 aliphatic carbocycles. The number of aliphatic hydroxyl groups is 1. The molecule has 0 heterocycles. The molecule has 1 atom stereocenters. The van der Waals surface area contributed by atoms with Gasteiger partial charge in [0.2, 0.25) is 10.0 Å². The lowest BCUT2D eigenvalue weighted by Crippen LogP contribution is -2.43. The van der Waals surface area contributed by atoms with Crippen LogP contribution in [-0.2, 0) is 10.0 Å². The van der Waals surface area contributed by atoms with Crippen LogP contribution in [0.25, 0.3) is 0 Å². The van der Waals surface area contributed by atoms with Crippen LogP contribution in [0.1, 0.15) is 27.2 Å². The van der Waals surface area contributed by atoms with Crippen LogP contribution >= 0.6 is 11.6 Å². The Morgan fingerprint density at radius 1 is 1.27 bits per heavy atom. The summed E-state index contributed by atoms with van der Waals surface area (Å²) < 4.78 is 27.1. The van der Waals surface area contributed by atoms with Crippen molar-refractivity contribution < 1.29 is 13.5 Å². The van der Waals surface area contributed by atoms with Crippen molar-refractivity contribution in [1.29, 1.82) is 0 Å². The highest BCUT2D eigenvalue weighted by atomic mass is 35.5. The fourth-order valence-corrected chi connectivity index (χ4v) is 3.93. The first kappa shape index (κ1) is 19.2. The maximum absolute atomic E-state index is 12.9. The average Bonchev–Trinajstić information content (AvgIpc) is 2.46. The van der Waals surface area contributed by atoms with Gasteiger partial charge in [0.1, 0.15) is 0 Å². The number of sulfonamides is 1. The fourth-order valence-electron chi connectivity index (χ4n) is 2.22. The molecule has 0 bridgehead atoms. The Morgan fingerprint density at radius 3 is 2.32 bits per heavy atom. The molecule has 124 valence electrons. The number of hydrogen-bond donors (Lipinski definition) is 1. The average molecular weight is 346 g/mol. The maximum Gasteiger partial charge on any atom is 0.243 e. The lowest BCUT2D eigenvalue weighted by molar-refractivity contribution is 0.175. The predicted molar refractivity (Wildman–Crippen MR) is 90.5 cm³/mol. The third-order valence-electron chi connectivity index (χ3n) is 3.30. The molecule has 0 spiro atoms. The SMILES string of the molecule is C/C=C/CN([C@@H](CO)CC(C)C)S(=O)(=O)c1ccc(Cl)cc1. The Bertz CT molecular complexity index is 582. The molecule has 0 saturated heterocycles. The standard InChI is InChI=1S/C16H24ClNO3S/c1-4-5-10-18(15(12-19)11-13(2)3)22(20,21)16-8-6-14(17)7-9-16/h4-9,13,15,19H,10-12H2,1-3H3/b5-4+/t15-/m1/s1. The summed E-state index contributed by atoms with van der Waals surface area (Å²) in [5.41, 5.74) is 0. The number of nitrogens with zero attached hydrogens (tertiary/aromatic N) is 1. The van der Waals surface area contributed by atoms with Gasteiger partial charge in [0.05, 0.1) is 11.5 Å². The molecule has 0 saturated carbocycles. The summed E-state index contributed by atoms with van der Waals surface area (Å²) in [6.07, 6.45) is 4.17. The molecule has 0 fully saturated rings. The van der Waals surface area contributed by atoms with E-state index in [2.05, 4.69) is 0 Å². The Kier molecular flexibility index (Phi) is 7.56. The monoisotopic (exact) mass is 345 g/mol. The zero-order valence-electron chi connectivity index (χ0n) is 13.2. The summed E-state index contributed by atoms with van der Waals surface area (Å²) >= 11 is 5.82. The quantitative estimate of drug-likeness (QED) is 0.735. The van der Waals surface area contributed by atoms with Gasteiger partial charge in [-0.15, -0.1) is 0 Å². The van der Waals surface area contributed by atoms with Gasteiger partial charge in [-0.2, -0.15) is 4.31 Å².